The smallest absolute Gasteiger partial charge is 0.224 e. The molecule has 2 aromatic rings. The Morgan fingerprint density at radius 3 is 2.67 bits per heavy atom. The Morgan fingerprint density at radius 2 is 2.10 bits per heavy atom. The van der Waals surface area contributed by atoms with E-state index in [0.29, 0.717) is 6.42 Å². The van der Waals surface area contributed by atoms with Gasteiger partial charge in [-0.25, -0.2) is 0 Å². The van der Waals surface area contributed by atoms with Crippen LogP contribution in [-0.2, 0) is 11.3 Å². The van der Waals surface area contributed by atoms with Crippen LogP contribution in [0.2, 0.25) is 4.34 Å². The summed E-state index contributed by atoms with van der Waals surface area (Å²) in [6, 6.07) is 10.0. The minimum atomic E-state index is 0.0347. The molecule has 0 bridgehead atoms. The summed E-state index contributed by atoms with van der Waals surface area (Å²) in [4.78, 5) is 14.9. The van der Waals surface area contributed by atoms with Crippen molar-refractivity contribution in [1.29, 1.82) is 0 Å². The Kier molecular flexibility index (Phi) is 5.26. The van der Waals surface area contributed by atoms with Gasteiger partial charge in [-0.3, -0.25) is 4.79 Å². The number of nitrogens with zero attached hydrogens (tertiary/aromatic N) is 1. The maximum Gasteiger partial charge on any atom is 0.224 e. The van der Waals surface area contributed by atoms with Gasteiger partial charge >= 0.3 is 0 Å². The number of anilines is 2. The number of hydrogen-bond donors (Lipinski definition) is 1. The van der Waals surface area contributed by atoms with Crippen LogP contribution in [0.15, 0.2) is 30.3 Å². The molecule has 5 heteroatoms. The first kappa shape index (κ1) is 15.9. The fourth-order valence-electron chi connectivity index (χ4n) is 2.03. The monoisotopic (exact) mass is 322 g/mol. The highest BCUT2D eigenvalue weighted by atomic mass is 35.5. The second-order valence-electron chi connectivity index (χ2n) is 4.96. The van der Waals surface area contributed by atoms with Crippen molar-refractivity contribution in [2.75, 3.05) is 17.3 Å². The number of amides is 1. The van der Waals surface area contributed by atoms with Gasteiger partial charge in [0.1, 0.15) is 0 Å². The van der Waals surface area contributed by atoms with E-state index in [1.54, 1.807) is 11.3 Å². The normalized spacial score (nSPS) is 10.5. The predicted octanol–water partition coefficient (Wildman–Crippen LogP) is 4.69. The van der Waals surface area contributed by atoms with Crippen LogP contribution in [0.1, 0.15) is 23.8 Å². The number of benzene rings is 1. The molecule has 0 aliphatic heterocycles. The van der Waals surface area contributed by atoms with Crippen molar-refractivity contribution in [2.24, 2.45) is 0 Å². The van der Waals surface area contributed by atoms with Crippen LogP contribution in [0.25, 0.3) is 0 Å². The summed E-state index contributed by atoms with van der Waals surface area (Å²) >= 11 is 7.55. The van der Waals surface area contributed by atoms with Crippen molar-refractivity contribution in [1.82, 2.24) is 0 Å². The maximum absolute atomic E-state index is 11.5. The van der Waals surface area contributed by atoms with Crippen molar-refractivity contribution in [3.8, 4) is 0 Å². The number of halogens is 1. The predicted molar refractivity (Wildman–Crippen MR) is 91.5 cm³/mol. The first-order valence-electron chi connectivity index (χ1n) is 6.85. The lowest BCUT2D eigenvalue weighted by Crippen LogP contribution is -2.16. The molecule has 0 radical (unpaired) electrons. The highest BCUT2D eigenvalue weighted by Gasteiger charge is 2.08. The summed E-state index contributed by atoms with van der Waals surface area (Å²) in [5, 5.41) is 2.91. The topological polar surface area (TPSA) is 32.3 Å². The van der Waals surface area contributed by atoms with Crippen molar-refractivity contribution in [2.45, 2.75) is 26.8 Å². The molecule has 0 aliphatic carbocycles. The van der Waals surface area contributed by atoms with Gasteiger partial charge in [0, 0.05) is 29.7 Å². The van der Waals surface area contributed by atoms with E-state index in [1.165, 1.54) is 4.88 Å². The second-order valence-corrected chi connectivity index (χ2v) is 6.76. The summed E-state index contributed by atoms with van der Waals surface area (Å²) in [7, 11) is 2.05. The number of rotatable bonds is 5. The molecule has 1 aromatic carbocycles. The molecule has 1 heterocycles. The highest BCUT2D eigenvalue weighted by molar-refractivity contribution is 7.16. The lowest BCUT2D eigenvalue weighted by atomic mass is 10.1. The highest BCUT2D eigenvalue weighted by Crippen LogP contribution is 2.26. The zero-order chi connectivity index (χ0) is 15.4. The summed E-state index contributed by atoms with van der Waals surface area (Å²) in [5.74, 6) is 0.0347. The van der Waals surface area contributed by atoms with Gasteiger partial charge in [-0.15, -0.1) is 11.3 Å². The van der Waals surface area contributed by atoms with Gasteiger partial charge in [0.05, 0.1) is 10.9 Å². The molecule has 1 aromatic heterocycles. The first-order chi connectivity index (χ1) is 9.99. The van der Waals surface area contributed by atoms with E-state index in [2.05, 4.69) is 16.3 Å². The van der Waals surface area contributed by atoms with E-state index in [9.17, 15) is 4.79 Å². The van der Waals surface area contributed by atoms with Crippen LogP contribution in [0, 0.1) is 6.92 Å². The number of aryl methyl sites for hydroxylation is 1. The lowest BCUT2D eigenvalue weighted by Gasteiger charge is -2.20. The third-order valence-corrected chi connectivity index (χ3v) is 4.48. The third-order valence-electron chi connectivity index (χ3n) is 3.27. The maximum atomic E-state index is 11.5. The Bertz CT molecular complexity index is 639. The molecule has 0 aliphatic rings. The molecule has 0 saturated carbocycles. The van der Waals surface area contributed by atoms with E-state index in [4.69, 9.17) is 11.6 Å². The fraction of sp³-hybridized carbons (Fsp3) is 0.312. The zero-order valence-corrected chi connectivity index (χ0v) is 14.0. The lowest BCUT2D eigenvalue weighted by molar-refractivity contribution is -0.115. The fourth-order valence-corrected chi connectivity index (χ4v) is 3.17. The summed E-state index contributed by atoms with van der Waals surface area (Å²) in [6.07, 6.45) is 0.486. The van der Waals surface area contributed by atoms with E-state index in [1.807, 2.05) is 45.2 Å². The third kappa shape index (κ3) is 4.22. The largest absolute Gasteiger partial charge is 0.369 e. The van der Waals surface area contributed by atoms with Gasteiger partial charge in [0.25, 0.3) is 0 Å². The van der Waals surface area contributed by atoms with Crippen LogP contribution in [0.5, 0.6) is 0 Å². The van der Waals surface area contributed by atoms with Crippen molar-refractivity contribution in [3.05, 3.63) is 45.1 Å². The van der Waals surface area contributed by atoms with Gasteiger partial charge in [0.2, 0.25) is 5.91 Å². The van der Waals surface area contributed by atoms with Crippen LogP contribution in [-0.4, -0.2) is 13.0 Å². The molecule has 0 unspecified atom stereocenters. The average molecular weight is 323 g/mol. The van der Waals surface area contributed by atoms with Crippen LogP contribution < -0.4 is 10.2 Å². The number of carbonyl (C=O) groups is 1. The van der Waals surface area contributed by atoms with Crippen LogP contribution in [0.4, 0.5) is 11.4 Å². The van der Waals surface area contributed by atoms with E-state index < -0.39 is 0 Å². The van der Waals surface area contributed by atoms with Crippen molar-refractivity contribution < 1.29 is 4.79 Å². The number of carbonyl (C=O) groups excluding carboxylic acids is 1. The first-order valence-corrected chi connectivity index (χ1v) is 8.05. The number of thiophene rings is 1. The Labute approximate surface area is 134 Å². The van der Waals surface area contributed by atoms with E-state index in [0.717, 1.165) is 27.8 Å². The van der Waals surface area contributed by atoms with Crippen LogP contribution in [0.3, 0.4) is 0 Å². The van der Waals surface area contributed by atoms with E-state index >= 15 is 0 Å². The molecule has 112 valence electrons. The molecule has 0 atom stereocenters. The molecule has 0 fully saturated rings. The Hall–Kier alpha value is -1.52. The standard InChI is InChI=1S/C16H19ClN2OS/c1-4-16(20)18-14-7-5-12(9-11(14)2)19(3)10-13-6-8-15(17)21-13/h5-9H,4,10H2,1-3H3,(H,18,20). The van der Waals surface area contributed by atoms with E-state index in [-0.39, 0.29) is 5.91 Å². The quantitative estimate of drug-likeness (QED) is 0.865. The molecule has 0 spiro atoms. The number of nitrogens with one attached hydrogen (secondary N) is 1. The molecular weight excluding hydrogens is 304 g/mol. The Morgan fingerprint density at radius 1 is 1.33 bits per heavy atom. The second kappa shape index (κ2) is 6.96. The Balaban J connectivity index is 2.09. The molecule has 2 rings (SSSR count). The number of hydrogen-bond acceptors (Lipinski definition) is 3. The zero-order valence-electron chi connectivity index (χ0n) is 12.4. The van der Waals surface area contributed by atoms with Gasteiger partial charge in [-0.1, -0.05) is 18.5 Å². The van der Waals surface area contributed by atoms with Gasteiger partial charge < -0.3 is 10.2 Å². The van der Waals surface area contributed by atoms with Crippen molar-refractivity contribution in [3.63, 3.8) is 0 Å². The molecule has 3 nitrogen and oxygen atoms in total. The molecule has 0 saturated heterocycles. The SMILES string of the molecule is CCC(=O)Nc1ccc(N(C)Cc2ccc(Cl)s2)cc1C. The average Bonchev–Trinajstić information content (AvgIpc) is 2.86. The summed E-state index contributed by atoms with van der Waals surface area (Å²) in [5.41, 5.74) is 3.05. The summed E-state index contributed by atoms with van der Waals surface area (Å²) < 4.78 is 0.812. The minimum Gasteiger partial charge on any atom is -0.369 e. The molecular formula is C16H19ClN2OS. The molecule has 1 amide bonds. The minimum absolute atomic E-state index is 0.0347. The van der Waals surface area contributed by atoms with Crippen molar-refractivity contribution >= 4 is 40.2 Å². The summed E-state index contributed by atoms with van der Waals surface area (Å²) in [6.45, 7) is 4.67. The van der Waals surface area contributed by atoms with Crippen LogP contribution >= 0.6 is 22.9 Å². The van der Waals surface area contributed by atoms with Gasteiger partial charge in [-0.2, -0.15) is 0 Å². The molecule has 21 heavy (non-hydrogen) atoms. The van der Waals surface area contributed by atoms with Gasteiger partial charge in [-0.05, 0) is 42.8 Å². The molecule has 1 N–H and O–H groups in total. The van der Waals surface area contributed by atoms with Gasteiger partial charge in [0.15, 0.2) is 0 Å².